The van der Waals surface area contributed by atoms with E-state index in [1.807, 2.05) is 42.5 Å². The maximum absolute atomic E-state index is 11.5. The molecule has 1 heterocycles. The van der Waals surface area contributed by atoms with Crippen molar-refractivity contribution in [3.05, 3.63) is 94.5 Å². The fourth-order valence-electron chi connectivity index (χ4n) is 3.78. The highest BCUT2D eigenvalue weighted by Gasteiger charge is 2.35. The number of benzene rings is 3. The van der Waals surface area contributed by atoms with Gasteiger partial charge < -0.3 is 14.5 Å². The molecule has 1 saturated heterocycles. The summed E-state index contributed by atoms with van der Waals surface area (Å²) in [5.41, 5.74) is 3.01. The van der Waals surface area contributed by atoms with E-state index < -0.39 is 4.92 Å². The fourth-order valence-corrected chi connectivity index (χ4v) is 3.78. The van der Waals surface area contributed by atoms with Crippen LogP contribution in [0.4, 0.5) is 17.1 Å². The Hall–Kier alpha value is -3.54. The highest BCUT2D eigenvalue weighted by molar-refractivity contribution is 5.60. The molecule has 1 aliphatic heterocycles. The van der Waals surface area contributed by atoms with Gasteiger partial charge in [0.1, 0.15) is 6.17 Å². The first-order chi connectivity index (χ1) is 13.7. The lowest BCUT2D eigenvalue weighted by Crippen LogP contribution is -2.31. The first kappa shape index (κ1) is 17.9. The van der Waals surface area contributed by atoms with Gasteiger partial charge in [-0.1, -0.05) is 42.5 Å². The monoisotopic (exact) mass is 375 g/mol. The van der Waals surface area contributed by atoms with Crippen molar-refractivity contribution in [3.8, 4) is 5.75 Å². The number of hydrogen-bond acceptors (Lipinski definition) is 5. The zero-order valence-electron chi connectivity index (χ0n) is 15.6. The summed E-state index contributed by atoms with van der Waals surface area (Å²) < 4.78 is 5.18. The lowest BCUT2D eigenvalue weighted by molar-refractivity contribution is -0.385. The molecule has 0 spiro atoms. The maximum Gasteiger partial charge on any atom is 0.311 e. The number of nitro benzene ring substituents is 1. The quantitative estimate of drug-likeness (QED) is 0.481. The highest BCUT2D eigenvalue weighted by Crippen LogP contribution is 2.40. The highest BCUT2D eigenvalue weighted by atomic mass is 16.6. The van der Waals surface area contributed by atoms with Gasteiger partial charge in [0.15, 0.2) is 5.75 Å². The molecule has 0 aromatic heterocycles. The van der Waals surface area contributed by atoms with Crippen LogP contribution in [0.25, 0.3) is 0 Å². The number of ether oxygens (including phenoxy) is 1. The predicted molar refractivity (Wildman–Crippen MR) is 110 cm³/mol. The Kier molecular flexibility index (Phi) is 4.85. The minimum absolute atomic E-state index is 0.0204. The van der Waals surface area contributed by atoms with E-state index in [9.17, 15) is 10.1 Å². The summed E-state index contributed by atoms with van der Waals surface area (Å²) in [6.45, 7) is 1.65. The Labute approximate surface area is 163 Å². The minimum Gasteiger partial charge on any atom is -0.490 e. The molecule has 0 amide bonds. The Morgan fingerprint density at radius 1 is 0.893 bits per heavy atom. The van der Waals surface area contributed by atoms with Gasteiger partial charge in [-0.05, 0) is 30.3 Å². The van der Waals surface area contributed by atoms with E-state index in [1.54, 1.807) is 12.1 Å². The van der Waals surface area contributed by atoms with E-state index in [0.29, 0.717) is 0 Å². The number of para-hydroxylation sites is 2. The number of nitrogens with zero attached hydrogens (tertiary/aromatic N) is 3. The van der Waals surface area contributed by atoms with Crippen LogP contribution in [0.1, 0.15) is 11.7 Å². The normalized spacial score (nSPS) is 14.3. The Morgan fingerprint density at radius 2 is 1.43 bits per heavy atom. The van der Waals surface area contributed by atoms with Crippen LogP contribution in [0.15, 0.2) is 78.9 Å². The Morgan fingerprint density at radius 3 is 1.89 bits per heavy atom. The average molecular weight is 375 g/mol. The molecule has 3 aromatic carbocycles. The molecule has 6 heteroatoms. The molecule has 0 saturated carbocycles. The van der Waals surface area contributed by atoms with Crippen LogP contribution >= 0.6 is 0 Å². The first-order valence-corrected chi connectivity index (χ1v) is 9.15. The summed E-state index contributed by atoms with van der Waals surface area (Å²) in [6, 6.07) is 25.5. The van der Waals surface area contributed by atoms with Gasteiger partial charge in [-0.2, -0.15) is 0 Å². The fraction of sp³-hybridized carbons (Fsp3) is 0.182. The largest absolute Gasteiger partial charge is 0.490 e. The van der Waals surface area contributed by atoms with E-state index >= 15 is 0 Å². The van der Waals surface area contributed by atoms with Crippen LogP contribution in [0.3, 0.4) is 0 Å². The Bertz CT molecular complexity index is 916. The summed E-state index contributed by atoms with van der Waals surface area (Å²) in [5, 5.41) is 11.5. The molecule has 4 rings (SSSR count). The van der Waals surface area contributed by atoms with Crippen LogP contribution < -0.4 is 14.5 Å². The summed E-state index contributed by atoms with van der Waals surface area (Å²) in [7, 11) is 1.45. The van der Waals surface area contributed by atoms with Gasteiger partial charge in [0, 0.05) is 36.1 Å². The molecule has 0 radical (unpaired) electrons. The zero-order valence-corrected chi connectivity index (χ0v) is 15.6. The lowest BCUT2D eigenvalue weighted by atomic mass is 10.1. The summed E-state index contributed by atoms with van der Waals surface area (Å²) in [6.07, 6.45) is -0.144. The van der Waals surface area contributed by atoms with Crippen molar-refractivity contribution in [2.24, 2.45) is 0 Å². The standard InChI is InChI=1S/C22H21N3O3/c1-28-21-13-12-17(16-20(21)25(26)27)22-23(18-8-4-2-5-9-18)14-15-24(22)19-10-6-3-7-11-19/h2-13,16,22H,14-15H2,1H3. The Balaban J connectivity index is 1.82. The van der Waals surface area contributed by atoms with Gasteiger partial charge >= 0.3 is 5.69 Å². The summed E-state index contributed by atoms with van der Waals surface area (Å²) in [4.78, 5) is 15.7. The molecule has 6 nitrogen and oxygen atoms in total. The number of rotatable bonds is 5. The summed E-state index contributed by atoms with van der Waals surface area (Å²) in [5.74, 6) is 0.268. The number of methoxy groups -OCH3 is 1. The molecule has 28 heavy (non-hydrogen) atoms. The van der Waals surface area contributed by atoms with Gasteiger partial charge in [0.05, 0.1) is 12.0 Å². The molecule has 0 N–H and O–H groups in total. The van der Waals surface area contributed by atoms with Gasteiger partial charge in [-0.25, -0.2) is 0 Å². The van der Waals surface area contributed by atoms with Crippen molar-refractivity contribution in [1.82, 2.24) is 0 Å². The van der Waals surface area contributed by atoms with Crippen molar-refractivity contribution in [2.45, 2.75) is 6.17 Å². The lowest BCUT2D eigenvalue weighted by Gasteiger charge is -2.33. The molecule has 1 fully saturated rings. The van der Waals surface area contributed by atoms with E-state index in [-0.39, 0.29) is 17.6 Å². The molecular weight excluding hydrogens is 354 g/mol. The molecule has 0 bridgehead atoms. The van der Waals surface area contributed by atoms with E-state index in [2.05, 4.69) is 34.1 Å². The second-order valence-electron chi connectivity index (χ2n) is 6.62. The molecule has 0 atom stereocenters. The number of anilines is 2. The van der Waals surface area contributed by atoms with Gasteiger partial charge in [0.2, 0.25) is 0 Å². The summed E-state index contributed by atoms with van der Waals surface area (Å²) >= 11 is 0. The maximum atomic E-state index is 11.5. The van der Waals surface area contributed by atoms with Crippen LogP contribution in [-0.2, 0) is 0 Å². The molecule has 0 aliphatic carbocycles. The van der Waals surface area contributed by atoms with Crippen LogP contribution in [0, 0.1) is 10.1 Å². The second-order valence-corrected chi connectivity index (χ2v) is 6.62. The molecule has 3 aromatic rings. The smallest absolute Gasteiger partial charge is 0.311 e. The van der Waals surface area contributed by atoms with Gasteiger partial charge in [-0.3, -0.25) is 10.1 Å². The molecule has 142 valence electrons. The zero-order chi connectivity index (χ0) is 19.5. The first-order valence-electron chi connectivity index (χ1n) is 9.15. The minimum atomic E-state index is -0.392. The van der Waals surface area contributed by atoms with E-state index in [0.717, 1.165) is 30.0 Å². The van der Waals surface area contributed by atoms with Crippen LogP contribution in [-0.4, -0.2) is 25.1 Å². The van der Waals surface area contributed by atoms with E-state index in [4.69, 9.17) is 4.74 Å². The van der Waals surface area contributed by atoms with Gasteiger partial charge in [-0.15, -0.1) is 0 Å². The van der Waals surface area contributed by atoms with Crippen molar-refractivity contribution in [1.29, 1.82) is 0 Å². The van der Waals surface area contributed by atoms with Crippen molar-refractivity contribution >= 4 is 17.1 Å². The van der Waals surface area contributed by atoms with Crippen molar-refractivity contribution in [3.63, 3.8) is 0 Å². The van der Waals surface area contributed by atoms with Crippen LogP contribution in [0.5, 0.6) is 5.75 Å². The third-order valence-corrected chi connectivity index (χ3v) is 5.05. The average Bonchev–Trinajstić information content (AvgIpc) is 3.19. The van der Waals surface area contributed by atoms with E-state index in [1.165, 1.54) is 7.11 Å². The third-order valence-electron chi connectivity index (χ3n) is 5.05. The molecule has 0 unspecified atom stereocenters. The predicted octanol–water partition coefficient (Wildman–Crippen LogP) is 4.63. The second kappa shape index (κ2) is 7.60. The topological polar surface area (TPSA) is 58.8 Å². The number of nitro groups is 1. The molecule has 1 aliphatic rings. The van der Waals surface area contributed by atoms with Crippen LogP contribution in [0.2, 0.25) is 0 Å². The van der Waals surface area contributed by atoms with Crippen molar-refractivity contribution in [2.75, 3.05) is 30.0 Å². The van der Waals surface area contributed by atoms with Crippen molar-refractivity contribution < 1.29 is 9.66 Å². The third kappa shape index (κ3) is 3.24. The SMILES string of the molecule is COc1ccc(C2N(c3ccccc3)CCN2c2ccccc2)cc1[N+](=O)[O-]. The van der Waals surface area contributed by atoms with Gasteiger partial charge in [0.25, 0.3) is 0 Å². The molecular formula is C22H21N3O3. The number of hydrogen-bond donors (Lipinski definition) is 0.